The minimum Gasteiger partial charge on any atom is -0.355 e. The lowest BCUT2D eigenvalue weighted by Crippen LogP contribution is -2.44. The van der Waals surface area contributed by atoms with Crippen molar-refractivity contribution in [2.24, 2.45) is 17.6 Å². The van der Waals surface area contributed by atoms with E-state index in [4.69, 9.17) is 5.73 Å². The van der Waals surface area contributed by atoms with E-state index in [2.05, 4.69) is 17.1 Å². The van der Waals surface area contributed by atoms with E-state index >= 15 is 0 Å². The van der Waals surface area contributed by atoms with Crippen molar-refractivity contribution in [3.05, 3.63) is 0 Å². The minimum absolute atomic E-state index is 0. The Morgan fingerprint density at radius 1 is 1.37 bits per heavy atom. The topological polar surface area (TPSA) is 58.4 Å². The standard InChI is InChI=1S/C14H29N3O.ClH/c1-4-17-9-6-12(7-10-17)5-8-16-14(18)13(15)11(2)3;/h11-13H,4-10,15H2,1-3H3,(H,16,18);1H/t13-;/m0./s1. The molecule has 0 aromatic rings. The van der Waals surface area contributed by atoms with Crippen LogP contribution in [-0.4, -0.2) is 43.0 Å². The number of amides is 1. The molecule has 4 nitrogen and oxygen atoms in total. The fraction of sp³-hybridized carbons (Fsp3) is 0.929. The number of nitrogens with zero attached hydrogens (tertiary/aromatic N) is 1. The first-order valence-electron chi connectivity index (χ1n) is 7.30. The van der Waals surface area contributed by atoms with Crippen molar-refractivity contribution in [3.8, 4) is 0 Å². The van der Waals surface area contributed by atoms with Gasteiger partial charge in [-0.2, -0.15) is 0 Å². The predicted molar refractivity (Wildman–Crippen MR) is 82.5 cm³/mol. The molecule has 0 aromatic carbocycles. The lowest BCUT2D eigenvalue weighted by Gasteiger charge is -2.31. The van der Waals surface area contributed by atoms with Crippen LogP contribution in [0, 0.1) is 11.8 Å². The van der Waals surface area contributed by atoms with Gasteiger partial charge in [0.2, 0.25) is 5.91 Å². The van der Waals surface area contributed by atoms with E-state index < -0.39 is 0 Å². The second-order valence-electron chi connectivity index (χ2n) is 5.73. The van der Waals surface area contributed by atoms with Crippen LogP contribution in [-0.2, 0) is 4.79 Å². The number of carbonyl (C=O) groups excluding carboxylic acids is 1. The number of hydrogen-bond donors (Lipinski definition) is 2. The second-order valence-corrected chi connectivity index (χ2v) is 5.73. The van der Waals surface area contributed by atoms with Gasteiger partial charge in [-0.05, 0) is 50.7 Å². The first-order chi connectivity index (χ1) is 8.54. The molecule has 114 valence electrons. The summed E-state index contributed by atoms with van der Waals surface area (Å²) in [7, 11) is 0. The van der Waals surface area contributed by atoms with Crippen molar-refractivity contribution in [1.82, 2.24) is 10.2 Å². The van der Waals surface area contributed by atoms with Gasteiger partial charge < -0.3 is 16.0 Å². The van der Waals surface area contributed by atoms with Crippen LogP contribution in [0.5, 0.6) is 0 Å². The maximum absolute atomic E-state index is 11.7. The van der Waals surface area contributed by atoms with Crippen molar-refractivity contribution in [2.45, 2.75) is 46.1 Å². The van der Waals surface area contributed by atoms with Gasteiger partial charge in [0.05, 0.1) is 6.04 Å². The number of halogens is 1. The normalized spacial score (nSPS) is 19.0. The Hall–Kier alpha value is -0.320. The lowest BCUT2D eigenvalue weighted by molar-refractivity contribution is -0.123. The van der Waals surface area contributed by atoms with Gasteiger partial charge >= 0.3 is 0 Å². The fourth-order valence-electron chi connectivity index (χ4n) is 2.41. The molecule has 5 heteroatoms. The molecule has 0 radical (unpaired) electrons. The molecule has 1 saturated heterocycles. The van der Waals surface area contributed by atoms with Crippen molar-refractivity contribution in [3.63, 3.8) is 0 Å². The molecule has 1 aliphatic rings. The summed E-state index contributed by atoms with van der Waals surface area (Å²) in [5, 5.41) is 2.96. The van der Waals surface area contributed by atoms with Crippen LogP contribution in [0.4, 0.5) is 0 Å². The van der Waals surface area contributed by atoms with Crippen molar-refractivity contribution in [2.75, 3.05) is 26.2 Å². The number of hydrogen-bond acceptors (Lipinski definition) is 3. The SMILES string of the molecule is CCN1CCC(CCNC(=O)[C@@H](N)C(C)C)CC1.Cl. The first kappa shape index (κ1) is 18.7. The zero-order chi connectivity index (χ0) is 13.5. The Bertz CT molecular complexity index is 253. The minimum atomic E-state index is -0.369. The highest BCUT2D eigenvalue weighted by atomic mass is 35.5. The molecular weight excluding hydrogens is 262 g/mol. The zero-order valence-electron chi connectivity index (χ0n) is 12.5. The smallest absolute Gasteiger partial charge is 0.237 e. The third-order valence-electron chi connectivity index (χ3n) is 4.03. The van der Waals surface area contributed by atoms with Crippen LogP contribution in [0.1, 0.15) is 40.0 Å². The van der Waals surface area contributed by atoms with E-state index in [9.17, 15) is 4.79 Å². The molecule has 3 N–H and O–H groups in total. The van der Waals surface area contributed by atoms with E-state index in [1.165, 1.54) is 25.9 Å². The van der Waals surface area contributed by atoms with Gasteiger partial charge in [-0.1, -0.05) is 20.8 Å². The van der Waals surface area contributed by atoms with Gasteiger partial charge in [0, 0.05) is 6.54 Å². The maximum atomic E-state index is 11.7. The van der Waals surface area contributed by atoms with Crippen molar-refractivity contribution < 1.29 is 4.79 Å². The molecule has 0 saturated carbocycles. The first-order valence-corrected chi connectivity index (χ1v) is 7.30. The van der Waals surface area contributed by atoms with Gasteiger partial charge in [0.25, 0.3) is 0 Å². The molecule has 1 fully saturated rings. The summed E-state index contributed by atoms with van der Waals surface area (Å²) >= 11 is 0. The molecule has 1 heterocycles. The van der Waals surface area contributed by atoms with E-state index in [1.807, 2.05) is 13.8 Å². The highest BCUT2D eigenvalue weighted by molar-refractivity contribution is 5.85. The summed E-state index contributed by atoms with van der Waals surface area (Å²) in [5.74, 6) is 0.970. The third kappa shape index (κ3) is 6.59. The summed E-state index contributed by atoms with van der Waals surface area (Å²) in [5.41, 5.74) is 5.80. The monoisotopic (exact) mass is 291 g/mol. The third-order valence-corrected chi connectivity index (χ3v) is 4.03. The van der Waals surface area contributed by atoms with Gasteiger partial charge in [-0.25, -0.2) is 0 Å². The van der Waals surface area contributed by atoms with Crippen LogP contribution in [0.25, 0.3) is 0 Å². The average Bonchev–Trinajstić information content (AvgIpc) is 2.38. The molecule has 0 unspecified atom stereocenters. The Kier molecular flexibility index (Phi) is 9.40. The Morgan fingerprint density at radius 3 is 2.42 bits per heavy atom. The van der Waals surface area contributed by atoms with Gasteiger partial charge in [0.1, 0.15) is 0 Å². The molecule has 1 rings (SSSR count). The van der Waals surface area contributed by atoms with E-state index in [0.717, 1.165) is 25.4 Å². The van der Waals surface area contributed by atoms with E-state index in [-0.39, 0.29) is 30.3 Å². The molecule has 1 atom stereocenters. The lowest BCUT2D eigenvalue weighted by atomic mass is 9.93. The van der Waals surface area contributed by atoms with Crippen molar-refractivity contribution in [1.29, 1.82) is 0 Å². The number of likely N-dealkylation sites (tertiary alicyclic amines) is 1. The summed E-state index contributed by atoms with van der Waals surface area (Å²) in [4.78, 5) is 14.2. The second kappa shape index (κ2) is 9.56. The van der Waals surface area contributed by atoms with Gasteiger partial charge in [0.15, 0.2) is 0 Å². The highest BCUT2D eigenvalue weighted by Gasteiger charge is 2.19. The maximum Gasteiger partial charge on any atom is 0.237 e. The molecular formula is C14H30ClN3O. The number of nitrogens with two attached hydrogens (primary N) is 1. The van der Waals surface area contributed by atoms with Crippen LogP contribution < -0.4 is 11.1 Å². The van der Waals surface area contributed by atoms with Crippen LogP contribution in [0.2, 0.25) is 0 Å². The molecule has 0 aromatic heterocycles. The number of piperidine rings is 1. The van der Waals surface area contributed by atoms with Gasteiger partial charge in [-0.3, -0.25) is 4.79 Å². The van der Waals surface area contributed by atoms with Crippen LogP contribution >= 0.6 is 12.4 Å². The van der Waals surface area contributed by atoms with Gasteiger partial charge in [-0.15, -0.1) is 12.4 Å². The Morgan fingerprint density at radius 2 is 1.95 bits per heavy atom. The molecule has 1 amide bonds. The molecule has 0 bridgehead atoms. The fourth-order valence-corrected chi connectivity index (χ4v) is 2.41. The van der Waals surface area contributed by atoms with E-state index in [0.29, 0.717) is 0 Å². The number of carbonyl (C=O) groups is 1. The summed E-state index contributed by atoms with van der Waals surface area (Å²) in [6.07, 6.45) is 3.62. The van der Waals surface area contributed by atoms with Crippen molar-refractivity contribution >= 4 is 18.3 Å². The zero-order valence-corrected chi connectivity index (χ0v) is 13.3. The average molecular weight is 292 g/mol. The number of rotatable bonds is 6. The molecule has 1 aliphatic heterocycles. The number of nitrogens with one attached hydrogen (secondary N) is 1. The largest absolute Gasteiger partial charge is 0.355 e. The summed E-state index contributed by atoms with van der Waals surface area (Å²) < 4.78 is 0. The Labute approximate surface area is 123 Å². The molecule has 19 heavy (non-hydrogen) atoms. The Balaban J connectivity index is 0.00000324. The van der Waals surface area contributed by atoms with Crippen LogP contribution in [0.15, 0.2) is 0 Å². The predicted octanol–water partition coefficient (Wildman–Crippen LogP) is 1.63. The van der Waals surface area contributed by atoms with E-state index in [1.54, 1.807) is 0 Å². The quantitative estimate of drug-likeness (QED) is 0.782. The van der Waals surface area contributed by atoms with Crippen LogP contribution in [0.3, 0.4) is 0 Å². The highest BCUT2D eigenvalue weighted by Crippen LogP contribution is 2.19. The molecule has 0 aliphatic carbocycles. The molecule has 0 spiro atoms. The summed E-state index contributed by atoms with van der Waals surface area (Å²) in [6.45, 7) is 10.5. The summed E-state index contributed by atoms with van der Waals surface area (Å²) in [6, 6.07) is -0.369.